The molecule has 3 N–H and O–H groups in total. The van der Waals surface area contributed by atoms with Gasteiger partial charge in [0.1, 0.15) is 0 Å². The molecule has 0 bridgehead atoms. The Bertz CT molecular complexity index is 601. The fourth-order valence-corrected chi connectivity index (χ4v) is 4.33. The maximum Gasteiger partial charge on any atom is 0.272 e. The molecule has 1 amide bonds. The molecule has 1 saturated heterocycles. The van der Waals surface area contributed by atoms with Gasteiger partial charge in [0.15, 0.2) is 0 Å². The molecule has 20 heavy (non-hydrogen) atoms. The number of nitrogens with one attached hydrogen (secondary N) is 2. The van der Waals surface area contributed by atoms with Crippen LogP contribution in [0.5, 0.6) is 0 Å². The highest BCUT2D eigenvalue weighted by atomic mass is 32.2. The molecule has 11 heteroatoms. The minimum atomic E-state index is -3.84. The fourth-order valence-electron chi connectivity index (χ4n) is 1.84. The number of carbonyl (C=O) groups excluding carboxylic acids is 1. The zero-order chi connectivity index (χ0) is 14.9. The number of aliphatic hydroxyl groups excluding tert-OH is 1. The Morgan fingerprint density at radius 1 is 1.50 bits per heavy atom. The van der Waals surface area contributed by atoms with E-state index in [9.17, 15) is 18.3 Å². The molecule has 1 aromatic rings. The molecule has 0 saturated carbocycles. The number of sulfonamides is 1. The van der Waals surface area contributed by atoms with Gasteiger partial charge in [-0.2, -0.15) is 4.31 Å². The predicted octanol–water partition coefficient (Wildman–Crippen LogP) is -1.55. The molecule has 1 aliphatic rings. The summed E-state index contributed by atoms with van der Waals surface area (Å²) < 4.78 is 25.6. The van der Waals surface area contributed by atoms with Gasteiger partial charge in [0, 0.05) is 27.1 Å². The summed E-state index contributed by atoms with van der Waals surface area (Å²) in [4.78, 5) is 10.9. The molecule has 0 aromatic carbocycles. The summed E-state index contributed by atoms with van der Waals surface area (Å²) in [5.74, 6) is -0.353. The molecule has 0 spiro atoms. The molecule has 9 nitrogen and oxygen atoms in total. The second-order valence-corrected chi connectivity index (χ2v) is 7.52. The average Bonchev–Trinajstić information content (AvgIpc) is 2.96. The molecule has 0 radical (unpaired) electrons. The molecule has 112 valence electrons. The van der Waals surface area contributed by atoms with Gasteiger partial charge >= 0.3 is 0 Å². The first-order valence-electron chi connectivity index (χ1n) is 5.80. The number of β-amino-alcohol motifs (C(OH)–C–C–N with tert-alkyl or cyclic N) is 1. The third-order valence-electron chi connectivity index (χ3n) is 2.91. The lowest BCUT2D eigenvalue weighted by Gasteiger charge is -2.24. The van der Waals surface area contributed by atoms with Gasteiger partial charge in [0.2, 0.25) is 15.4 Å². The number of anilines is 1. The van der Waals surface area contributed by atoms with Crippen LogP contribution in [0.3, 0.4) is 0 Å². The molecule has 2 heterocycles. The lowest BCUT2D eigenvalue weighted by atomic mass is 10.2. The summed E-state index contributed by atoms with van der Waals surface area (Å²) in [7, 11) is -2.46. The largest absolute Gasteiger partial charge is 0.390 e. The predicted molar refractivity (Wildman–Crippen MR) is 71.8 cm³/mol. The summed E-state index contributed by atoms with van der Waals surface area (Å²) in [5, 5.41) is 22.3. The number of hydrogen-bond donors (Lipinski definition) is 3. The Morgan fingerprint density at radius 2 is 2.20 bits per heavy atom. The molecular weight excluding hydrogens is 306 g/mol. The number of aromatic nitrogens is 2. The molecular formula is C9H15N5O4S2. The second kappa shape index (κ2) is 5.69. The van der Waals surface area contributed by atoms with Gasteiger partial charge in [-0.25, -0.2) is 8.42 Å². The van der Waals surface area contributed by atoms with Crippen LogP contribution in [0.2, 0.25) is 0 Å². The summed E-state index contributed by atoms with van der Waals surface area (Å²) in [6, 6.07) is -0.548. The number of carbonyl (C=O) groups is 1. The summed E-state index contributed by atoms with van der Waals surface area (Å²) in [6.45, 7) is 2.01. The first-order valence-corrected chi connectivity index (χ1v) is 8.06. The minimum Gasteiger partial charge on any atom is -0.390 e. The highest BCUT2D eigenvalue weighted by Gasteiger charge is 2.37. The van der Waals surface area contributed by atoms with Crippen molar-refractivity contribution >= 4 is 32.4 Å². The van der Waals surface area contributed by atoms with Gasteiger partial charge < -0.3 is 15.7 Å². The molecule has 2 rings (SSSR count). The Labute approximate surface area is 120 Å². The van der Waals surface area contributed by atoms with Crippen molar-refractivity contribution < 1.29 is 18.3 Å². The van der Waals surface area contributed by atoms with Gasteiger partial charge in [-0.3, -0.25) is 4.79 Å². The molecule has 0 aliphatic carbocycles. The van der Waals surface area contributed by atoms with E-state index in [4.69, 9.17) is 0 Å². The molecule has 1 fully saturated rings. The topological polar surface area (TPSA) is 125 Å². The van der Waals surface area contributed by atoms with Crippen molar-refractivity contribution in [1.29, 1.82) is 0 Å². The number of aliphatic hydroxyl groups is 1. The Kier molecular flexibility index (Phi) is 4.34. The van der Waals surface area contributed by atoms with Crippen molar-refractivity contribution in [3.8, 4) is 0 Å². The quantitative estimate of drug-likeness (QED) is 0.573. The lowest BCUT2D eigenvalue weighted by molar-refractivity contribution is -0.114. The normalized spacial score (nSPS) is 23.2. The van der Waals surface area contributed by atoms with E-state index < -0.39 is 22.2 Å². The van der Waals surface area contributed by atoms with E-state index in [1.165, 1.54) is 14.0 Å². The van der Waals surface area contributed by atoms with Crippen LogP contribution in [0.15, 0.2) is 4.34 Å². The number of nitrogens with zero attached hydrogens (tertiary/aromatic N) is 3. The van der Waals surface area contributed by atoms with Crippen LogP contribution < -0.4 is 10.6 Å². The summed E-state index contributed by atoms with van der Waals surface area (Å²) in [6.07, 6.45) is -0.766. The SMILES string of the molecule is CC(=O)Nc1nnc(S(=O)(=O)N(C)[C@H]2CNC[C@@H]2O)s1. The zero-order valence-electron chi connectivity index (χ0n) is 10.9. The van der Waals surface area contributed by atoms with E-state index in [2.05, 4.69) is 20.8 Å². The van der Waals surface area contributed by atoms with Gasteiger partial charge in [-0.05, 0) is 0 Å². The Balaban J connectivity index is 2.21. The molecule has 1 aliphatic heterocycles. The Hall–Kier alpha value is -1.14. The van der Waals surface area contributed by atoms with Crippen molar-refractivity contribution in [2.24, 2.45) is 0 Å². The lowest BCUT2D eigenvalue weighted by Crippen LogP contribution is -2.44. The average molecular weight is 321 g/mol. The van der Waals surface area contributed by atoms with Crippen LogP contribution in [-0.2, 0) is 14.8 Å². The van der Waals surface area contributed by atoms with E-state index in [0.717, 1.165) is 15.6 Å². The van der Waals surface area contributed by atoms with Crippen LogP contribution in [0, 0.1) is 0 Å². The zero-order valence-corrected chi connectivity index (χ0v) is 12.5. The fraction of sp³-hybridized carbons (Fsp3) is 0.667. The Morgan fingerprint density at radius 3 is 2.75 bits per heavy atom. The van der Waals surface area contributed by atoms with Gasteiger partial charge in [-0.15, -0.1) is 10.2 Å². The second-order valence-electron chi connectivity index (χ2n) is 4.37. The van der Waals surface area contributed by atoms with Crippen molar-refractivity contribution in [1.82, 2.24) is 19.8 Å². The van der Waals surface area contributed by atoms with E-state index in [1.807, 2.05) is 0 Å². The number of hydrogen-bond acceptors (Lipinski definition) is 8. The number of rotatable bonds is 4. The van der Waals surface area contributed by atoms with Gasteiger partial charge in [0.05, 0.1) is 12.1 Å². The van der Waals surface area contributed by atoms with Crippen molar-refractivity contribution in [3.05, 3.63) is 0 Å². The summed E-state index contributed by atoms with van der Waals surface area (Å²) in [5.41, 5.74) is 0. The third kappa shape index (κ3) is 2.96. The van der Waals surface area contributed by atoms with Gasteiger partial charge in [0.25, 0.3) is 10.0 Å². The molecule has 1 aromatic heterocycles. The highest BCUT2D eigenvalue weighted by molar-refractivity contribution is 7.91. The van der Waals surface area contributed by atoms with Crippen LogP contribution >= 0.6 is 11.3 Å². The number of likely N-dealkylation sites (N-methyl/N-ethyl adjacent to an activating group) is 1. The van der Waals surface area contributed by atoms with Gasteiger partial charge in [-0.1, -0.05) is 11.3 Å². The van der Waals surface area contributed by atoms with Crippen molar-refractivity contribution in [2.45, 2.75) is 23.4 Å². The maximum absolute atomic E-state index is 12.3. The van der Waals surface area contributed by atoms with E-state index >= 15 is 0 Å². The smallest absolute Gasteiger partial charge is 0.272 e. The van der Waals surface area contributed by atoms with E-state index in [0.29, 0.717) is 13.1 Å². The van der Waals surface area contributed by atoms with Crippen molar-refractivity contribution in [3.63, 3.8) is 0 Å². The van der Waals surface area contributed by atoms with Crippen LogP contribution in [-0.4, -0.2) is 66.2 Å². The maximum atomic E-state index is 12.3. The highest BCUT2D eigenvalue weighted by Crippen LogP contribution is 2.24. The third-order valence-corrected chi connectivity index (χ3v) is 5.97. The molecule has 0 unspecified atom stereocenters. The standard InChI is InChI=1S/C9H15N5O4S2/c1-5(15)11-8-12-13-9(19-8)20(17,18)14(2)6-3-10-4-7(6)16/h6-7,10,16H,3-4H2,1-2H3,(H,11,12,15)/t6-,7-/m0/s1. The molecule has 2 atom stereocenters. The van der Waals surface area contributed by atoms with Crippen LogP contribution in [0.25, 0.3) is 0 Å². The van der Waals surface area contributed by atoms with Crippen LogP contribution in [0.4, 0.5) is 5.13 Å². The monoisotopic (exact) mass is 321 g/mol. The first-order chi connectivity index (χ1) is 9.32. The summed E-state index contributed by atoms with van der Waals surface area (Å²) >= 11 is 0.771. The van der Waals surface area contributed by atoms with E-state index in [-0.39, 0.29) is 15.4 Å². The first kappa shape index (κ1) is 15.3. The van der Waals surface area contributed by atoms with Crippen molar-refractivity contribution in [2.75, 3.05) is 25.5 Å². The van der Waals surface area contributed by atoms with Crippen LogP contribution in [0.1, 0.15) is 6.92 Å². The minimum absolute atomic E-state index is 0.120. The van der Waals surface area contributed by atoms with E-state index in [1.54, 1.807) is 0 Å². The number of amides is 1.